The Labute approximate surface area is 135 Å². The van der Waals surface area contributed by atoms with E-state index in [1.807, 2.05) is 12.1 Å². The number of aromatic nitrogens is 1. The fourth-order valence-electron chi connectivity index (χ4n) is 2.63. The molecule has 5 nitrogen and oxygen atoms in total. The molecule has 23 heavy (non-hydrogen) atoms. The maximum atomic E-state index is 11.7. The van der Waals surface area contributed by atoms with Crippen LogP contribution < -0.4 is 9.64 Å². The van der Waals surface area contributed by atoms with Crippen LogP contribution >= 0.6 is 0 Å². The molecule has 120 valence electrons. The summed E-state index contributed by atoms with van der Waals surface area (Å²) in [5.41, 5.74) is 1.65. The van der Waals surface area contributed by atoms with Crippen LogP contribution in [0.15, 0.2) is 42.6 Å². The van der Waals surface area contributed by atoms with Crippen molar-refractivity contribution >= 4 is 11.7 Å². The lowest BCUT2D eigenvalue weighted by molar-refractivity contribution is 0.0526. The van der Waals surface area contributed by atoms with Gasteiger partial charge in [-0.1, -0.05) is 0 Å². The van der Waals surface area contributed by atoms with Crippen LogP contribution in [0.1, 0.15) is 30.1 Å². The van der Waals surface area contributed by atoms with Gasteiger partial charge in [0.05, 0.1) is 12.2 Å². The number of hydrogen-bond acceptors (Lipinski definition) is 5. The van der Waals surface area contributed by atoms with Gasteiger partial charge in [-0.25, -0.2) is 9.78 Å². The van der Waals surface area contributed by atoms with Crippen molar-refractivity contribution in [2.45, 2.75) is 19.8 Å². The maximum Gasteiger partial charge on any atom is 0.338 e. The van der Waals surface area contributed by atoms with E-state index in [2.05, 4.69) is 22.0 Å². The summed E-state index contributed by atoms with van der Waals surface area (Å²) in [6, 6.07) is 11.2. The largest absolute Gasteiger partial charge is 0.462 e. The zero-order chi connectivity index (χ0) is 16.1. The van der Waals surface area contributed by atoms with Crippen molar-refractivity contribution in [2.24, 2.45) is 0 Å². The monoisotopic (exact) mass is 312 g/mol. The number of anilines is 1. The quantitative estimate of drug-likeness (QED) is 0.789. The number of hydrogen-bond donors (Lipinski definition) is 0. The van der Waals surface area contributed by atoms with Crippen LogP contribution in [0.2, 0.25) is 0 Å². The van der Waals surface area contributed by atoms with E-state index in [1.54, 1.807) is 25.3 Å². The molecule has 1 aromatic heterocycles. The summed E-state index contributed by atoms with van der Waals surface area (Å²) in [5.74, 6) is 0.704. The first-order valence-electron chi connectivity index (χ1n) is 7.92. The molecule has 1 saturated heterocycles. The summed E-state index contributed by atoms with van der Waals surface area (Å²) in [4.78, 5) is 18.2. The van der Waals surface area contributed by atoms with Gasteiger partial charge < -0.3 is 14.4 Å². The number of rotatable bonds is 5. The predicted molar refractivity (Wildman–Crippen MR) is 88.2 cm³/mol. The van der Waals surface area contributed by atoms with Crippen molar-refractivity contribution < 1.29 is 14.3 Å². The second-order valence-corrected chi connectivity index (χ2v) is 5.39. The van der Waals surface area contributed by atoms with Crippen LogP contribution in [0.3, 0.4) is 0 Å². The van der Waals surface area contributed by atoms with E-state index < -0.39 is 0 Å². The molecule has 0 atom stereocenters. The molecule has 0 saturated carbocycles. The first-order valence-corrected chi connectivity index (χ1v) is 7.92. The first kappa shape index (κ1) is 15.3. The third-order valence-electron chi connectivity index (χ3n) is 3.78. The smallest absolute Gasteiger partial charge is 0.338 e. The molecule has 2 aromatic rings. The Kier molecular flexibility index (Phi) is 4.76. The molecular weight excluding hydrogens is 292 g/mol. The topological polar surface area (TPSA) is 51.7 Å². The third-order valence-corrected chi connectivity index (χ3v) is 3.78. The van der Waals surface area contributed by atoms with Crippen LogP contribution in [0.25, 0.3) is 0 Å². The van der Waals surface area contributed by atoms with Gasteiger partial charge in [0.2, 0.25) is 5.88 Å². The van der Waals surface area contributed by atoms with Crippen molar-refractivity contribution in [3.05, 3.63) is 48.2 Å². The highest BCUT2D eigenvalue weighted by Gasteiger charge is 2.12. The van der Waals surface area contributed by atoms with Crippen LogP contribution in [-0.4, -0.2) is 30.6 Å². The Balaban J connectivity index is 1.69. The number of benzene rings is 1. The zero-order valence-electron chi connectivity index (χ0n) is 13.2. The van der Waals surface area contributed by atoms with E-state index in [-0.39, 0.29) is 5.97 Å². The first-order chi connectivity index (χ1) is 11.3. The van der Waals surface area contributed by atoms with Crippen molar-refractivity contribution in [3.63, 3.8) is 0 Å². The average Bonchev–Trinajstić information content (AvgIpc) is 3.11. The van der Waals surface area contributed by atoms with Gasteiger partial charge in [0.1, 0.15) is 5.75 Å². The minimum atomic E-state index is -0.371. The molecule has 1 aromatic carbocycles. The number of carbonyl (C=O) groups is 1. The van der Waals surface area contributed by atoms with Crippen molar-refractivity contribution in [1.82, 2.24) is 4.98 Å². The number of ether oxygens (including phenoxy) is 2. The van der Waals surface area contributed by atoms with E-state index in [1.165, 1.54) is 18.5 Å². The molecule has 0 spiro atoms. The second kappa shape index (κ2) is 7.13. The van der Waals surface area contributed by atoms with E-state index >= 15 is 0 Å². The standard InChI is InChI=1S/C18H20N2O3/c1-2-22-18(21)14-9-10-19-17(13-14)23-16-7-5-15(6-8-16)20-11-3-4-12-20/h5-10,13H,2-4,11-12H2,1H3. The van der Waals surface area contributed by atoms with E-state index in [4.69, 9.17) is 9.47 Å². The molecule has 0 bridgehead atoms. The van der Waals surface area contributed by atoms with Crippen molar-refractivity contribution in [1.29, 1.82) is 0 Å². The SMILES string of the molecule is CCOC(=O)c1ccnc(Oc2ccc(N3CCCC3)cc2)c1. The molecule has 0 amide bonds. The normalized spacial score (nSPS) is 13.9. The van der Waals surface area contributed by atoms with Crippen molar-refractivity contribution in [3.8, 4) is 11.6 Å². The summed E-state index contributed by atoms with van der Waals surface area (Å²) >= 11 is 0. The van der Waals surface area contributed by atoms with Gasteiger partial charge in [-0.15, -0.1) is 0 Å². The molecule has 2 heterocycles. The van der Waals surface area contributed by atoms with Gasteiger partial charge in [-0.2, -0.15) is 0 Å². The summed E-state index contributed by atoms with van der Waals surface area (Å²) in [7, 11) is 0. The van der Waals surface area contributed by atoms with Gasteiger partial charge in [0, 0.05) is 31.0 Å². The lowest BCUT2D eigenvalue weighted by atomic mass is 10.2. The number of pyridine rings is 1. The molecule has 1 aliphatic rings. The predicted octanol–water partition coefficient (Wildman–Crippen LogP) is 3.65. The molecule has 0 unspecified atom stereocenters. The second-order valence-electron chi connectivity index (χ2n) is 5.39. The summed E-state index contributed by atoms with van der Waals surface area (Å²) in [6.45, 7) is 4.35. The minimum Gasteiger partial charge on any atom is -0.462 e. The van der Waals surface area contributed by atoms with E-state index in [0.29, 0.717) is 23.8 Å². The highest BCUT2D eigenvalue weighted by atomic mass is 16.5. The molecule has 0 aliphatic carbocycles. The maximum absolute atomic E-state index is 11.7. The Morgan fingerprint density at radius 3 is 2.61 bits per heavy atom. The van der Waals surface area contributed by atoms with E-state index in [0.717, 1.165) is 13.1 Å². The lowest BCUT2D eigenvalue weighted by Gasteiger charge is -2.17. The summed E-state index contributed by atoms with van der Waals surface area (Å²) < 4.78 is 10.7. The molecule has 1 fully saturated rings. The molecule has 1 aliphatic heterocycles. The Hall–Kier alpha value is -2.56. The molecule has 0 N–H and O–H groups in total. The molecule has 3 rings (SSSR count). The fraction of sp³-hybridized carbons (Fsp3) is 0.333. The number of nitrogens with zero attached hydrogens (tertiary/aromatic N) is 2. The van der Waals surface area contributed by atoms with Crippen LogP contribution in [0.5, 0.6) is 11.6 Å². The molecule has 5 heteroatoms. The average molecular weight is 312 g/mol. The Morgan fingerprint density at radius 2 is 1.91 bits per heavy atom. The minimum absolute atomic E-state index is 0.343. The van der Waals surface area contributed by atoms with E-state index in [9.17, 15) is 4.79 Å². The summed E-state index contributed by atoms with van der Waals surface area (Å²) in [5, 5.41) is 0. The number of carbonyl (C=O) groups excluding carboxylic acids is 1. The highest BCUT2D eigenvalue weighted by Crippen LogP contribution is 2.25. The zero-order valence-corrected chi connectivity index (χ0v) is 13.2. The van der Waals surface area contributed by atoms with Gasteiger partial charge in [-0.3, -0.25) is 0 Å². The van der Waals surface area contributed by atoms with Gasteiger partial charge in [0.25, 0.3) is 0 Å². The molecule has 0 radical (unpaired) electrons. The lowest BCUT2D eigenvalue weighted by Crippen LogP contribution is -2.17. The van der Waals surface area contributed by atoms with Crippen LogP contribution in [-0.2, 0) is 4.74 Å². The Bertz CT molecular complexity index is 664. The van der Waals surface area contributed by atoms with Gasteiger partial charge in [-0.05, 0) is 50.1 Å². The van der Waals surface area contributed by atoms with Crippen LogP contribution in [0, 0.1) is 0 Å². The number of esters is 1. The summed E-state index contributed by atoms with van der Waals surface area (Å²) in [6.07, 6.45) is 4.05. The fourth-order valence-corrected chi connectivity index (χ4v) is 2.63. The van der Waals surface area contributed by atoms with Crippen molar-refractivity contribution in [2.75, 3.05) is 24.6 Å². The van der Waals surface area contributed by atoms with Crippen LogP contribution in [0.4, 0.5) is 5.69 Å². The third kappa shape index (κ3) is 3.80. The molecular formula is C18H20N2O3. The Morgan fingerprint density at radius 1 is 1.17 bits per heavy atom. The van der Waals surface area contributed by atoms with Gasteiger partial charge >= 0.3 is 5.97 Å². The highest BCUT2D eigenvalue weighted by molar-refractivity contribution is 5.89. The van der Waals surface area contributed by atoms with Gasteiger partial charge in [0.15, 0.2) is 0 Å².